The van der Waals surface area contributed by atoms with Gasteiger partial charge in [-0.15, -0.1) is 0 Å². The average molecular weight is 499 g/mol. The predicted molar refractivity (Wildman–Crippen MR) is 137 cm³/mol. The Bertz CT molecular complexity index is 1210. The first kappa shape index (κ1) is 25.2. The number of carbonyl (C=O) groups is 2. The molecular weight excluding hydrogens is 464 g/mol. The van der Waals surface area contributed by atoms with E-state index in [1.165, 1.54) is 9.21 Å². The van der Waals surface area contributed by atoms with Crippen LogP contribution in [0.2, 0.25) is 0 Å². The minimum absolute atomic E-state index is 0.133. The molecule has 1 atom stereocenters. The number of carbonyl (C=O) groups excluding carboxylic acids is 2. The SMILES string of the molecule is CCN(CC)S(=O)(=O)c1ccc2c(c1)N(CC(=O)NCc1ccccc1C)C(=O)C1CCCCN21. The van der Waals surface area contributed by atoms with E-state index < -0.39 is 10.0 Å². The number of amides is 2. The first-order valence-electron chi connectivity index (χ1n) is 12.3. The highest BCUT2D eigenvalue weighted by Gasteiger charge is 2.40. The van der Waals surface area contributed by atoms with Gasteiger partial charge in [-0.05, 0) is 55.5 Å². The van der Waals surface area contributed by atoms with Crippen LogP contribution in [0.15, 0.2) is 47.4 Å². The molecule has 0 aliphatic carbocycles. The van der Waals surface area contributed by atoms with Gasteiger partial charge in [-0.3, -0.25) is 14.5 Å². The molecule has 2 aliphatic rings. The maximum atomic E-state index is 13.5. The molecule has 0 bridgehead atoms. The van der Waals surface area contributed by atoms with Gasteiger partial charge in [-0.2, -0.15) is 4.31 Å². The lowest BCUT2D eigenvalue weighted by molar-refractivity contribution is -0.125. The van der Waals surface area contributed by atoms with Crippen molar-refractivity contribution in [3.8, 4) is 0 Å². The van der Waals surface area contributed by atoms with E-state index >= 15 is 0 Å². The van der Waals surface area contributed by atoms with Crippen molar-refractivity contribution in [3.05, 3.63) is 53.6 Å². The van der Waals surface area contributed by atoms with Crippen LogP contribution in [0.4, 0.5) is 11.4 Å². The van der Waals surface area contributed by atoms with Gasteiger partial charge in [0.2, 0.25) is 21.8 Å². The molecule has 0 aromatic heterocycles. The monoisotopic (exact) mass is 498 g/mol. The fourth-order valence-corrected chi connectivity index (χ4v) is 6.45. The van der Waals surface area contributed by atoms with E-state index in [4.69, 9.17) is 0 Å². The van der Waals surface area contributed by atoms with Crippen LogP contribution in [-0.4, -0.2) is 56.8 Å². The van der Waals surface area contributed by atoms with Crippen LogP contribution < -0.4 is 15.1 Å². The lowest BCUT2D eigenvalue weighted by Crippen LogP contribution is -2.57. The Labute approximate surface area is 207 Å². The molecule has 0 saturated carbocycles. The van der Waals surface area contributed by atoms with Gasteiger partial charge in [-0.25, -0.2) is 8.42 Å². The minimum Gasteiger partial charge on any atom is -0.358 e. The summed E-state index contributed by atoms with van der Waals surface area (Å²) in [6, 6.07) is 12.4. The molecule has 2 aromatic carbocycles. The molecular formula is C26H34N4O4S. The van der Waals surface area contributed by atoms with Crippen molar-refractivity contribution < 1.29 is 18.0 Å². The Morgan fingerprint density at radius 3 is 2.54 bits per heavy atom. The smallest absolute Gasteiger partial charge is 0.250 e. The third-order valence-electron chi connectivity index (χ3n) is 6.98. The molecule has 1 saturated heterocycles. The molecule has 8 nitrogen and oxygen atoms in total. The molecule has 4 rings (SSSR count). The van der Waals surface area contributed by atoms with Gasteiger partial charge in [0.05, 0.1) is 16.3 Å². The standard InChI is InChI=1S/C26H34N4O4S/c1-4-28(5-2)35(33,34)21-13-14-22-24(16-21)30(26(32)23-12-8-9-15-29(22)23)18-25(31)27-17-20-11-7-6-10-19(20)3/h6-7,10-11,13-14,16,23H,4-5,8-9,12,15,17-18H2,1-3H3,(H,27,31). The maximum absolute atomic E-state index is 13.5. The van der Waals surface area contributed by atoms with Crippen molar-refractivity contribution in [1.82, 2.24) is 9.62 Å². The van der Waals surface area contributed by atoms with Gasteiger partial charge in [0.1, 0.15) is 12.6 Å². The van der Waals surface area contributed by atoms with E-state index in [0.717, 1.165) is 42.6 Å². The zero-order valence-electron chi connectivity index (χ0n) is 20.7. The van der Waals surface area contributed by atoms with E-state index in [0.29, 0.717) is 25.3 Å². The zero-order valence-corrected chi connectivity index (χ0v) is 21.5. The fourth-order valence-electron chi connectivity index (χ4n) is 4.98. The van der Waals surface area contributed by atoms with Gasteiger partial charge >= 0.3 is 0 Å². The number of rotatable bonds is 8. The van der Waals surface area contributed by atoms with Crippen molar-refractivity contribution >= 4 is 33.2 Å². The summed E-state index contributed by atoms with van der Waals surface area (Å²) in [6.45, 7) is 7.24. The van der Waals surface area contributed by atoms with E-state index in [-0.39, 0.29) is 29.3 Å². The third-order valence-corrected chi connectivity index (χ3v) is 9.03. The average Bonchev–Trinajstić information content (AvgIpc) is 2.86. The topological polar surface area (TPSA) is 90.0 Å². The molecule has 2 heterocycles. The molecule has 2 aromatic rings. The molecule has 0 spiro atoms. The number of nitrogens with one attached hydrogen (secondary N) is 1. The number of nitrogens with zero attached hydrogens (tertiary/aromatic N) is 3. The predicted octanol–water partition coefficient (Wildman–Crippen LogP) is 3.05. The van der Waals surface area contributed by atoms with Crippen LogP contribution in [0.1, 0.15) is 44.2 Å². The van der Waals surface area contributed by atoms with E-state index in [1.54, 1.807) is 32.0 Å². The number of hydrogen-bond acceptors (Lipinski definition) is 5. The Hall–Kier alpha value is -2.91. The second kappa shape index (κ2) is 10.4. The van der Waals surface area contributed by atoms with Crippen LogP contribution in [0, 0.1) is 6.92 Å². The summed E-state index contributed by atoms with van der Waals surface area (Å²) >= 11 is 0. The number of anilines is 2. The summed E-state index contributed by atoms with van der Waals surface area (Å²) in [4.78, 5) is 30.2. The van der Waals surface area contributed by atoms with Crippen molar-refractivity contribution in [3.63, 3.8) is 0 Å². The van der Waals surface area contributed by atoms with Crippen LogP contribution in [0.25, 0.3) is 0 Å². The summed E-state index contributed by atoms with van der Waals surface area (Å²) in [5, 5.41) is 2.92. The summed E-state index contributed by atoms with van der Waals surface area (Å²) in [5.41, 5.74) is 3.38. The largest absolute Gasteiger partial charge is 0.358 e. The van der Waals surface area contributed by atoms with Crippen molar-refractivity contribution in [1.29, 1.82) is 0 Å². The lowest BCUT2D eigenvalue weighted by atomic mass is 9.96. The van der Waals surface area contributed by atoms with Crippen LogP contribution in [-0.2, 0) is 26.2 Å². The molecule has 35 heavy (non-hydrogen) atoms. The Morgan fingerprint density at radius 2 is 1.83 bits per heavy atom. The highest BCUT2D eigenvalue weighted by Crippen LogP contribution is 2.41. The molecule has 1 N–H and O–H groups in total. The molecule has 2 amide bonds. The number of sulfonamides is 1. The number of benzene rings is 2. The number of piperidine rings is 1. The summed E-state index contributed by atoms with van der Waals surface area (Å²) in [6.07, 6.45) is 2.64. The fraction of sp³-hybridized carbons (Fsp3) is 0.462. The highest BCUT2D eigenvalue weighted by molar-refractivity contribution is 7.89. The maximum Gasteiger partial charge on any atom is 0.250 e. The molecule has 2 aliphatic heterocycles. The Balaban J connectivity index is 1.65. The summed E-state index contributed by atoms with van der Waals surface area (Å²) in [5.74, 6) is -0.436. The van der Waals surface area contributed by atoms with Crippen molar-refractivity contribution in [2.75, 3.05) is 36.0 Å². The van der Waals surface area contributed by atoms with E-state index in [9.17, 15) is 18.0 Å². The first-order chi connectivity index (χ1) is 16.8. The number of fused-ring (bicyclic) bond motifs is 3. The molecule has 1 fully saturated rings. The van der Waals surface area contributed by atoms with E-state index in [2.05, 4.69) is 10.2 Å². The Kier molecular flexibility index (Phi) is 7.47. The Morgan fingerprint density at radius 1 is 1.09 bits per heavy atom. The third kappa shape index (κ3) is 4.92. The van der Waals surface area contributed by atoms with Crippen LogP contribution in [0.3, 0.4) is 0 Å². The van der Waals surface area contributed by atoms with E-state index in [1.807, 2.05) is 31.2 Å². The molecule has 188 valence electrons. The molecule has 9 heteroatoms. The number of aryl methyl sites for hydroxylation is 1. The van der Waals surface area contributed by atoms with Gasteiger partial charge in [0.25, 0.3) is 0 Å². The van der Waals surface area contributed by atoms with Crippen LogP contribution in [0.5, 0.6) is 0 Å². The second-order valence-electron chi connectivity index (χ2n) is 9.07. The summed E-state index contributed by atoms with van der Waals surface area (Å²) < 4.78 is 27.8. The quantitative estimate of drug-likeness (QED) is 0.604. The van der Waals surface area contributed by atoms with Crippen molar-refractivity contribution in [2.24, 2.45) is 0 Å². The first-order valence-corrected chi connectivity index (χ1v) is 13.7. The minimum atomic E-state index is -3.71. The van der Waals surface area contributed by atoms with Gasteiger partial charge < -0.3 is 10.2 Å². The second-order valence-corrected chi connectivity index (χ2v) is 11.0. The lowest BCUT2D eigenvalue weighted by Gasteiger charge is -2.45. The number of hydrogen-bond donors (Lipinski definition) is 1. The molecule has 0 radical (unpaired) electrons. The zero-order chi connectivity index (χ0) is 25.2. The normalized spacial score (nSPS) is 17.8. The van der Waals surface area contributed by atoms with Gasteiger partial charge in [0, 0.05) is 26.2 Å². The summed E-state index contributed by atoms with van der Waals surface area (Å²) in [7, 11) is -3.71. The van der Waals surface area contributed by atoms with Gasteiger partial charge in [-0.1, -0.05) is 38.1 Å². The van der Waals surface area contributed by atoms with Gasteiger partial charge in [0.15, 0.2) is 0 Å². The highest BCUT2D eigenvalue weighted by atomic mass is 32.2. The van der Waals surface area contributed by atoms with Crippen LogP contribution >= 0.6 is 0 Å². The van der Waals surface area contributed by atoms with Crippen molar-refractivity contribution in [2.45, 2.75) is 57.5 Å². The molecule has 1 unspecified atom stereocenters.